The van der Waals surface area contributed by atoms with Gasteiger partial charge in [-0.3, -0.25) is 9.59 Å². The van der Waals surface area contributed by atoms with Crippen molar-refractivity contribution >= 4 is 17.5 Å². The smallest absolute Gasteiger partial charge is 0.251 e. The number of nitrogens with zero attached hydrogens (tertiary/aromatic N) is 1. The minimum atomic E-state index is -1.07. The molecule has 0 aromatic heterocycles. The quantitative estimate of drug-likeness (QED) is 0.292. The fourth-order valence-electron chi connectivity index (χ4n) is 4.18. The molecule has 38 heavy (non-hydrogen) atoms. The van der Waals surface area contributed by atoms with Crippen LogP contribution >= 0.6 is 0 Å². The van der Waals surface area contributed by atoms with Crippen molar-refractivity contribution in [2.24, 2.45) is 0 Å². The molecule has 0 aliphatic heterocycles. The summed E-state index contributed by atoms with van der Waals surface area (Å²) in [6.07, 6.45) is 0.0472. The number of hydrogen-bond acceptors (Lipinski definition) is 4. The Bertz CT molecular complexity index is 1380. The van der Waals surface area contributed by atoms with Gasteiger partial charge in [0.1, 0.15) is 23.4 Å². The van der Waals surface area contributed by atoms with Crippen molar-refractivity contribution in [3.8, 4) is 11.5 Å². The Morgan fingerprint density at radius 3 is 2.18 bits per heavy atom. The lowest BCUT2D eigenvalue weighted by molar-refractivity contribution is -0.139. The van der Waals surface area contributed by atoms with Gasteiger partial charge >= 0.3 is 0 Å². The molecule has 4 aromatic carbocycles. The van der Waals surface area contributed by atoms with Gasteiger partial charge in [0.05, 0.1) is 20.6 Å². The van der Waals surface area contributed by atoms with Crippen molar-refractivity contribution < 1.29 is 23.5 Å². The predicted octanol–water partition coefficient (Wildman–Crippen LogP) is 5.79. The first kappa shape index (κ1) is 26.4. The summed E-state index contributed by atoms with van der Waals surface area (Å²) in [5.74, 6) is -0.0408. The maximum absolute atomic E-state index is 14.8. The predicted molar refractivity (Wildman–Crippen MR) is 144 cm³/mol. The summed E-state index contributed by atoms with van der Waals surface area (Å²) in [4.78, 5) is 29.1. The largest absolute Gasteiger partial charge is 0.497 e. The fourth-order valence-corrected chi connectivity index (χ4v) is 4.18. The van der Waals surface area contributed by atoms with Gasteiger partial charge in [-0.15, -0.1) is 0 Å². The first-order valence-electron chi connectivity index (χ1n) is 12.1. The fraction of sp³-hybridized carbons (Fsp3) is 0.161. The van der Waals surface area contributed by atoms with Crippen LogP contribution in [0.4, 0.5) is 10.1 Å². The van der Waals surface area contributed by atoms with Crippen LogP contribution in [0.1, 0.15) is 22.7 Å². The summed E-state index contributed by atoms with van der Waals surface area (Å²) in [6, 6.07) is 28.3. The summed E-state index contributed by atoms with van der Waals surface area (Å²) in [5, 5.41) is 2.91. The second-order valence-electron chi connectivity index (χ2n) is 8.67. The normalized spacial score (nSPS) is 11.3. The minimum Gasteiger partial charge on any atom is -0.497 e. The minimum absolute atomic E-state index is 0.0472. The number of halogens is 1. The molecule has 1 atom stereocenters. The summed E-state index contributed by atoms with van der Waals surface area (Å²) in [6.45, 7) is -0.101. The molecule has 0 radical (unpaired) electrons. The lowest BCUT2D eigenvalue weighted by Crippen LogP contribution is -2.41. The Labute approximate surface area is 221 Å². The number of ether oxygens (including phenoxy) is 2. The molecule has 7 heteroatoms. The Hall–Kier alpha value is -4.65. The molecule has 0 spiro atoms. The van der Waals surface area contributed by atoms with Crippen molar-refractivity contribution in [2.75, 3.05) is 19.5 Å². The van der Waals surface area contributed by atoms with E-state index in [1.165, 1.54) is 18.1 Å². The van der Waals surface area contributed by atoms with Crippen molar-refractivity contribution in [3.63, 3.8) is 0 Å². The highest BCUT2D eigenvalue weighted by molar-refractivity contribution is 5.98. The molecule has 1 N–H and O–H groups in total. The van der Waals surface area contributed by atoms with Crippen LogP contribution in [0, 0.1) is 5.82 Å². The van der Waals surface area contributed by atoms with Crippen LogP contribution in [0.15, 0.2) is 103 Å². The molecule has 6 nitrogen and oxygen atoms in total. The van der Waals surface area contributed by atoms with E-state index < -0.39 is 17.8 Å². The highest BCUT2D eigenvalue weighted by atomic mass is 19.1. The number of carbonyl (C=O) groups is 2. The van der Waals surface area contributed by atoms with Crippen molar-refractivity contribution in [1.29, 1.82) is 0 Å². The lowest BCUT2D eigenvalue weighted by atomic mass is 10.0. The number of carbonyl (C=O) groups excluding carboxylic acids is 2. The zero-order chi connectivity index (χ0) is 26.9. The maximum Gasteiger partial charge on any atom is 0.251 e. The van der Waals surface area contributed by atoms with Gasteiger partial charge in [-0.2, -0.15) is 0 Å². The summed E-state index contributed by atoms with van der Waals surface area (Å²) in [5.41, 5.74) is 2.16. The van der Waals surface area contributed by atoms with Crippen molar-refractivity contribution in [3.05, 3.63) is 126 Å². The lowest BCUT2D eigenvalue weighted by Gasteiger charge is -2.32. The Morgan fingerprint density at radius 1 is 0.816 bits per heavy atom. The molecule has 0 fully saturated rings. The first-order chi connectivity index (χ1) is 18.5. The van der Waals surface area contributed by atoms with Crippen LogP contribution < -0.4 is 14.8 Å². The molecular weight excluding hydrogens is 483 g/mol. The van der Waals surface area contributed by atoms with Crippen molar-refractivity contribution in [2.45, 2.75) is 19.0 Å². The number of hydrogen-bond donors (Lipinski definition) is 1. The zero-order valence-electron chi connectivity index (χ0n) is 21.3. The van der Waals surface area contributed by atoms with Crippen LogP contribution in [0.25, 0.3) is 0 Å². The standard InChI is InChI=1S/C31H29FN2O4/c1-37-26-17-15-25(16-18-26)33-31(36)30(23-12-8-13-27(20-23)38-2)34(21-24-11-6-7-14-28(24)32)29(35)19-22-9-4-3-5-10-22/h3-18,20,30H,19,21H2,1-2H3,(H,33,36). The number of benzene rings is 4. The summed E-state index contributed by atoms with van der Waals surface area (Å²) in [7, 11) is 3.09. The second kappa shape index (κ2) is 12.5. The van der Waals surface area contributed by atoms with Crippen LogP contribution in [-0.2, 0) is 22.6 Å². The van der Waals surface area contributed by atoms with E-state index in [-0.39, 0.29) is 18.9 Å². The molecule has 0 aliphatic rings. The third-order valence-corrected chi connectivity index (χ3v) is 6.14. The Balaban J connectivity index is 1.76. The topological polar surface area (TPSA) is 67.9 Å². The Kier molecular flexibility index (Phi) is 8.72. The molecule has 2 amide bonds. The highest BCUT2D eigenvalue weighted by Gasteiger charge is 2.32. The van der Waals surface area contributed by atoms with E-state index >= 15 is 0 Å². The molecule has 4 rings (SSSR count). The van der Waals surface area contributed by atoms with Crippen LogP contribution in [0.3, 0.4) is 0 Å². The summed E-state index contributed by atoms with van der Waals surface area (Å²) < 4.78 is 25.4. The van der Waals surface area contributed by atoms with E-state index in [0.29, 0.717) is 28.3 Å². The SMILES string of the molecule is COc1ccc(NC(=O)C(c2cccc(OC)c2)N(Cc2ccccc2F)C(=O)Cc2ccccc2)cc1. The molecule has 0 saturated carbocycles. The first-order valence-corrected chi connectivity index (χ1v) is 12.1. The average Bonchev–Trinajstić information content (AvgIpc) is 2.94. The maximum atomic E-state index is 14.8. The molecular formula is C31H29FN2O4. The molecule has 0 aliphatic carbocycles. The molecule has 0 heterocycles. The molecule has 0 bridgehead atoms. The number of anilines is 1. The number of rotatable bonds is 10. The van der Waals surface area contributed by atoms with E-state index in [2.05, 4.69) is 5.32 Å². The number of methoxy groups -OCH3 is 2. The van der Waals surface area contributed by atoms with Gasteiger partial charge in [0, 0.05) is 17.8 Å². The zero-order valence-corrected chi connectivity index (χ0v) is 21.3. The van der Waals surface area contributed by atoms with Crippen LogP contribution in [-0.4, -0.2) is 30.9 Å². The number of amides is 2. The van der Waals surface area contributed by atoms with Crippen molar-refractivity contribution in [1.82, 2.24) is 4.90 Å². The van der Waals surface area contributed by atoms with Gasteiger partial charge in [-0.1, -0.05) is 60.7 Å². The van der Waals surface area contributed by atoms with Gasteiger partial charge < -0.3 is 19.7 Å². The monoisotopic (exact) mass is 512 g/mol. The molecule has 1 unspecified atom stereocenters. The van der Waals surface area contributed by atoms with E-state index in [9.17, 15) is 14.0 Å². The third-order valence-electron chi connectivity index (χ3n) is 6.14. The van der Waals surface area contributed by atoms with Gasteiger partial charge in [0.15, 0.2) is 0 Å². The van der Waals surface area contributed by atoms with E-state index in [1.807, 2.05) is 30.3 Å². The summed E-state index contributed by atoms with van der Waals surface area (Å²) >= 11 is 0. The number of nitrogens with one attached hydrogen (secondary N) is 1. The molecule has 4 aromatic rings. The highest BCUT2D eigenvalue weighted by Crippen LogP contribution is 2.29. The van der Waals surface area contributed by atoms with Gasteiger partial charge in [-0.25, -0.2) is 4.39 Å². The van der Waals surface area contributed by atoms with Gasteiger partial charge in [-0.05, 0) is 53.6 Å². The van der Waals surface area contributed by atoms with Crippen LogP contribution in [0.2, 0.25) is 0 Å². The third kappa shape index (κ3) is 6.56. The molecule has 0 saturated heterocycles. The molecule has 194 valence electrons. The van der Waals surface area contributed by atoms with E-state index in [1.54, 1.807) is 73.8 Å². The van der Waals surface area contributed by atoms with Gasteiger partial charge in [0.25, 0.3) is 5.91 Å². The second-order valence-corrected chi connectivity index (χ2v) is 8.67. The average molecular weight is 513 g/mol. The van der Waals surface area contributed by atoms with E-state index in [0.717, 1.165) is 5.56 Å². The van der Waals surface area contributed by atoms with Gasteiger partial charge in [0.2, 0.25) is 5.91 Å². The van der Waals surface area contributed by atoms with E-state index in [4.69, 9.17) is 9.47 Å². The van der Waals surface area contributed by atoms with Crippen LogP contribution in [0.5, 0.6) is 11.5 Å². The Morgan fingerprint density at radius 2 is 1.50 bits per heavy atom.